The van der Waals surface area contributed by atoms with Gasteiger partial charge in [0.1, 0.15) is 0 Å². The Hall–Kier alpha value is -3.16. The molecule has 0 fully saturated rings. The Balaban J connectivity index is 1.67. The van der Waals surface area contributed by atoms with E-state index in [0.717, 1.165) is 27.5 Å². The van der Waals surface area contributed by atoms with Gasteiger partial charge in [0.2, 0.25) is 0 Å². The van der Waals surface area contributed by atoms with Crippen LogP contribution >= 0.6 is 0 Å². The van der Waals surface area contributed by atoms with Crippen LogP contribution in [-0.4, -0.2) is 17.2 Å². The summed E-state index contributed by atoms with van der Waals surface area (Å²) in [6, 6.07) is 29.1. The van der Waals surface area contributed by atoms with Crippen LogP contribution in [0.5, 0.6) is 0 Å². The summed E-state index contributed by atoms with van der Waals surface area (Å²) in [5, 5.41) is 20.7. The number of nitrogens with two attached hydrogens (primary N) is 1. The van der Waals surface area contributed by atoms with Crippen LogP contribution in [0.4, 0.5) is 5.69 Å². The monoisotopic (exact) mass is 427 g/mol. The van der Waals surface area contributed by atoms with Gasteiger partial charge in [0.05, 0.1) is 13.2 Å². The third kappa shape index (κ3) is 4.84. The Morgan fingerprint density at radius 3 is 1.88 bits per heavy atom. The molecular weight excluding hydrogens is 401 g/mol. The Kier molecular flexibility index (Phi) is 6.58. The molecule has 0 aliphatic rings. The standard InChI is InChI=1S/C26H26BNO4/c1-26(31-17-19-8-4-2-5-9-19,32-18-20-10-6-3-7-11-20)22-13-14-23-21(16-22)12-15-24(25(23)28)27(29)30/h2-16,29-30H,17-18,28H2,1H3. The summed E-state index contributed by atoms with van der Waals surface area (Å²) >= 11 is 0. The maximum absolute atomic E-state index is 9.54. The summed E-state index contributed by atoms with van der Waals surface area (Å²) in [5.41, 5.74) is 9.74. The molecule has 0 amide bonds. The first-order chi connectivity index (χ1) is 15.5. The minimum absolute atomic E-state index is 0.286. The zero-order chi connectivity index (χ0) is 22.6. The SMILES string of the molecule is CC(OCc1ccccc1)(OCc1ccccc1)c1ccc2c(N)c(B(O)O)ccc2c1. The third-order valence-electron chi connectivity index (χ3n) is 5.61. The molecule has 4 aromatic rings. The first-order valence-electron chi connectivity index (χ1n) is 10.5. The molecule has 0 aliphatic carbocycles. The van der Waals surface area contributed by atoms with Gasteiger partial charge in [-0.05, 0) is 29.5 Å². The van der Waals surface area contributed by atoms with Gasteiger partial charge in [-0.15, -0.1) is 0 Å². The number of ether oxygens (including phenoxy) is 2. The number of hydrogen-bond donors (Lipinski definition) is 3. The predicted molar refractivity (Wildman–Crippen MR) is 128 cm³/mol. The predicted octanol–water partition coefficient (Wildman–Crippen LogP) is 3.71. The van der Waals surface area contributed by atoms with E-state index in [1.165, 1.54) is 0 Å². The van der Waals surface area contributed by atoms with Crippen LogP contribution in [0.2, 0.25) is 0 Å². The fourth-order valence-electron chi connectivity index (χ4n) is 3.68. The molecule has 0 aliphatic heterocycles. The number of benzene rings is 4. The van der Waals surface area contributed by atoms with Crippen LogP contribution < -0.4 is 11.2 Å². The Labute approximate surface area is 188 Å². The highest BCUT2D eigenvalue weighted by Crippen LogP contribution is 2.33. The zero-order valence-electron chi connectivity index (χ0n) is 17.9. The second kappa shape index (κ2) is 9.55. The summed E-state index contributed by atoms with van der Waals surface area (Å²) in [4.78, 5) is 0. The summed E-state index contributed by atoms with van der Waals surface area (Å²) in [6.07, 6.45) is 0. The van der Waals surface area contributed by atoms with Gasteiger partial charge in [-0.25, -0.2) is 0 Å². The molecule has 6 heteroatoms. The third-order valence-corrected chi connectivity index (χ3v) is 5.61. The molecule has 162 valence electrons. The van der Waals surface area contributed by atoms with E-state index < -0.39 is 12.9 Å². The van der Waals surface area contributed by atoms with Gasteiger partial charge in [-0.2, -0.15) is 0 Å². The highest BCUT2D eigenvalue weighted by Gasteiger charge is 2.30. The molecule has 4 aromatic carbocycles. The topological polar surface area (TPSA) is 84.9 Å². The minimum Gasteiger partial charge on any atom is -0.423 e. The van der Waals surface area contributed by atoms with Gasteiger partial charge in [0.25, 0.3) is 0 Å². The van der Waals surface area contributed by atoms with Crippen LogP contribution in [0.1, 0.15) is 23.6 Å². The van der Waals surface area contributed by atoms with Crippen molar-refractivity contribution < 1.29 is 19.5 Å². The molecule has 0 unspecified atom stereocenters. The highest BCUT2D eigenvalue weighted by atomic mass is 16.7. The lowest BCUT2D eigenvalue weighted by Crippen LogP contribution is -2.32. The van der Waals surface area contributed by atoms with Crippen molar-refractivity contribution in [2.75, 3.05) is 5.73 Å². The maximum atomic E-state index is 9.54. The van der Waals surface area contributed by atoms with Crippen LogP contribution in [0.15, 0.2) is 91.0 Å². The molecule has 0 saturated heterocycles. The van der Waals surface area contributed by atoms with Crippen molar-refractivity contribution in [2.45, 2.75) is 25.9 Å². The second-order valence-electron chi connectivity index (χ2n) is 7.87. The summed E-state index contributed by atoms with van der Waals surface area (Å²) in [6.45, 7) is 2.69. The number of nitrogen functional groups attached to an aromatic ring is 1. The van der Waals surface area contributed by atoms with Crippen LogP contribution in [-0.2, 0) is 28.5 Å². The number of anilines is 1. The van der Waals surface area contributed by atoms with Gasteiger partial charge >= 0.3 is 7.12 Å². The second-order valence-corrected chi connectivity index (χ2v) is 7.87. The molecule has 0 saturated carbocycles. The summed E-state index contributed by atoms with van der Waals surface area (Å²) < 4.78 is 12.7. The molecule has 0 spiro atoms. The number of hydrogen-bond acceptors (Lipinski definition) is 5. The molecule has 0 heterocycles. The molecule has 4 rings (SSSR count). The molecular formula is C26H26BNO4. The molecule has 32 heavy (non-hydrogen) atoms. The fraction of sp³-hybridized carbons (Fsp3) is 0.154. The average molecular weight is 427 g/mol. The first-order valence-corrected chi connectivity index (χ1v) is 10.5. The molecule has 0 bridgehead atoms. The summed E-state index contributed by atoms with van der Waals surface area (Å²) in [5.74, 6) is -1.01. The zero-order valence-corrected chi connectivity index (χ0v) is 17.9. The smallest absolute Gasteiger partial charge is 0.423 e. The van der Waals surface area contributed by atoms with Crippen molar-refractivity contribution >= 4 is 29.0 Å². The number of rotatable bonds is 8. The van der Waals surface area contributed by atoms with Crippen molar-refractivity contribution in [1.29, 1.82) is 0 Å². The van der Waals surface area contributed by atoms with Gasteiger partial charge < -0.3 is 25.3 Å². The Morgan fingerprint density at radius 2 is 1.34 bits per heavy atom. The minimum atomic E-state index is -1.62. The van der Waals surface area contributed by atoms with Crippen molar-refractivity contribution in [2.24, 2.45) is 0 Å². The van der Waals surface area contributed by atoms with Crippen molar-refractivity contribution in [3.63, 3.8) is 0 Å². The lowest BCUT2D eigenvalue weighted by Gasteiger charge is -2.31. The van der Waals surface area contributed by atoms with E-state index in [0.29, 0.717) is 18.9 Å². The molecule has 0 aromatic heterocycles. The van der Waals surface area contributed by atoms with E-state index in [1.807, 2.05) is 91.9 Å². The van der Waals surface area contributed by atoms with E-state index in [4.69, 9.17) is 15.2 Å². The fourth-order valence-corrected chi connectivity index (χ4v) is 3.68. The van der Waals surface area contributed by atoms with Crippen LogP contribution in [0.25, 0.3) is 10.8 Å². The van der Waals surface area contributed by atoms with E-state index in [9.17, 15) is 10.0 Å². The number of fused-ring (bicyclic) bond motifs is 1. The van der Waals surface area contributed by atoms with E-state index >= 15 is 0 Å². The van der Waals surface area contributed by atoms with E-state index in [-0.39, 0.29) is 5.46 Å². The largest absolute Gasteiger partial charge is 0.490 e. The van der Waals surface area contributed by atoms with E-state index in [2.05, 4.69) is 0 Å². The van der Waals surface area contributed by atoms with Crippen molar-refractivity contribution in [3.05, 3.63) is 108 Å². The molecule has 0 atom stereocenters. The maximum Gasteiger partial charge on any atom is 0.490 e. The first kappa shape index (κ1) is 22.1. The molecule has 5 nitrogen and oxygen atoms in total. The Morgan fingerprint density at radius 1 is 0.781 bits per heavy atom. The Bertz CT molecular complexity index is 1140. The van der Waals surface area contributed by atoms with Gasteiger partial charge in [-0.1, -0.05) is 84.9 Å². The highest BCUT2D eigenvalue weighted by molar-refractivity contribution is 6.61. The summed E-state index contributed by atoms with van der Waals surface area (Å²) in [7, 11) is -1.62. The lowest BCUT2D eigenvalue weighted by molar-refractivity contribution is -0.248. The van der Waals surface area contributed by atoms with Gasteiger partial charge in [-0.3, -0.25) is 0 Å². The average Bonchev–Trinajstić information content (AvgIpc) is 2.82. The van der Waals surface area contributed by atoms with Crippen molar-refractivity contribution in [1.82, 2.24) is 0 Å². The van der Waals surface area contributed by atoms with Crippen molar-refractivity contribution in [3.8, 4) is 0 Å². The quantitative estimate of drug-likeness (QED) is 0.227. The molecule has 4 N–H and O–H groups in total. The van der Waals surface area contributed by atoms with Gasteiger partial charge in [0.15, 0.2) is 5.79 Å². The van der Waals surface area contributed by atoms with Gasteiger partial charge in [0, 0.05) is 22.1 Å². The lowest BCUT2D eigenvalue weighted by atomic mass is 9.77. The normalized spacial score (nSPS) is 11.6. The van der Waals surface area contributed by atoms with E-state index in [1.54, 1.807) is 6.07 Å². The van der Waals surface area contributed by atoms with Crippen LogP contribution in [0.3, 0.4) is 0 Å². The molecule has 0 radical (unpaired) electrons. The van der Waals surface area contributed by atoms with Crippen LogP contribution in [0, 0.1) is 0 Å².